The Morgan fingerprint density at radius 2 is 2.09 bits per heavy atom. The molecule has 0 aliphatic carbocycles. The molecule has 0 bridgehead atoms. The van der Waals surface area contributed by atoms with Crippen LogP contribution in [0.5, 0.6) is 0 Å². The number of hydrogen-bond acceptors (Lipinski definition) is 4. The molecule has 0 saturated carbocycles. The molecule has 2 aliphatic rings. The molecule has 3 rings (SSSR count). The quantitative estimate of drug-likeness (QED) is 0.813. The van der Waals surface area contributed by atoms with Crippen LogP contribution in [-0.2, 0) is 14.8 Å². The van der Waals surface area contributed by atoms with Gasteiger partial charge in [0.1, 0.15) is 6.04 Å². The summed E-state index contributed by atoms with van der Waals surface area (Å²) < 4.78 is 25.1. The first-order valence-corrected chi connectivity index (χ1v) is 8.90. The van der Waals surface area contributed by atoms with Crippen LogP contribution < -0.4 is 10.0 Å². The maximum absolute atomic E-state index is 12.6. The highest BCUT2D eigenvalue weighted by Gasteiger charge is 2.43. The number of halogens is 1. The summed E-state index contributed by atoms with van der Waals surface area (Å²) in [4.78, 5) is 26.3. The number of fused-ring (bicyclic) bond motifs is 2. The molecule has 2 amide bonds. The van der Waals surface area contributed by atoms with E-state index in [0.29, 0.717) is 16.3 Å². The van der Waals surface area contributed by atoms with Crippen molar-refractivity contribution in [2.24, 2.45) is 0 Å². The molecule has 22 heavy (non-hydrogen) atoms. The highest BCUT2D eigenvalue weighted by atomic mass is 35.5. The molecule has 2 heterocycles. The molecule has 2 N–H and O–H groups in total. The zero-order valence-electron chi connectivity index (χ0n) is 11.7. The molecule has 7 nitrogen and oxygen atoms in total. The van der Waals surface area contributed by atoms with Gasteiger partial charge < -0.3 is 10.2 Å². The number of nitrogens with one attached hydrogen (secondary N) is 2. The lowest BCUT2D eigenvalue weighted by Crippen LogP contribution is -2.41. The fourth-order valence-corrected chi connectivity index (χ4v) is 3.82. The van der Waals surface area contributed by atoms with Gasteiger partial charge in [-0.25, -0.2) is 13.1 Å². The highest BCUT2D eigenvalue weighted by molar-refractivity contribution is 7.88. The Balaban J connectivity index is 1.93. The minimum atomic E-state index is -3.40. The Labute approximate surface area is 132 Å². The average Bonchev–Trinajstić information content (AvgIpc) is 2.76. The molecule has 1 aromatic rings. The fourth-order valence-electron chi connectivity index (χ4n) is 2.87. The zero-order chi connectivity index (χ0) is 16.1. The predicted molar refractivity (Wildman–Crippen MR) is 81.3 cm³/mol. The highest BCUT2D eigenvalue weighted by Crippen LogP contribution is 2.30. The Morgan fingerprint density at radius 3 is 2.77 bits per heavy atom. The third-order valence-corrected chi connectivity index (χ3v) is 4.71. The van der Waals surface area contributed by atoms with E-state index in [9.17, 15) is 18.0 Å². The first kappa shape index (κ1) is 15.3. The van der Waals surface area contributed by atoms with Gasteiger partial charge in [-0.05, 0) is 24.6 Å². The van der Waals surface area contributed by atoms with E-state index in [4.69, 9.17) is 11.6 Å². The van der Waals surface area contributed by atoms with Crippen LogP contribution in [0, 0.1) is 0 Å². The van der Waals surface area contributed by atoms with Crippen LogP contribution in [0.3, 0.4) is 0 Å². The summed E-state index contributed by atoms with van der Waals surface area (Å²) in [6.07, 6.45) is 1.29. The number of nitrogens with zero attached hydrogens (tertiary/aromatic N) is 1. The molecule has 1 saturated heterocycles. The fraction of sp³-hybridized carbons (Fsp3) is 0.385. The summed E-state index contributed by atoms with van der Waals surface area (Å²) in [5.41, 5.74) is 0.727. The molecule has 2 aliphatic heterocycles. The number of anilines is 1. The third-order valence-electron chi connectivity index (χ3n) is 3.72. The van der Waals surface area contributed by atoms with Crippen molar-refractivity contribution in [3.8, 4) is 0 Å². The first-order chi connectivity index (χ1) is 10.2. The summed E-state index contributed by atoms with van der Waals surface area (Å²) in [6.45, 7) is 0.159. The SMILES string of the molecule is CS(=O)(=O)N[C@@H]1C[C@@H]2C(=O)Nc3cc(Cl)ccc3C(=O)N2C1. The Morgan fingerprint density at radius 1 is 1.36 bits per heavy atom. The second-order valence-electron chi connectivity index (χ2n) is 5.48. The third kappa shape index (κ3) is 2.81. The van der Waals surface area contributed by atoms with Crippen LogP contribution in [0.2, 0.25) is 5.02 Å². The molecular formula is C13H14ClN3O4S. The van der Waals surface area contributed by atoms with Gasteiger partial charge in [-0.3, -0.25) is 9.59 Å². The predicted octanol–water partition coefficient (Wildman–Crippen LogP) is 0.424. The molecule has 1 aromatic carbocycles. The van der Waals surface area contributed by atoms with E-state index in [1.807, 2.05) is 0 Å². The number of carbonyl (C=O) groups excluding carboxylic acids is 2. The monoisotopic (exact) mass is 343 g/mol. The van der Waals surface area contributed by atoms with Gasteiger partial charge in [-0.1, -0.05) is 11.6 Å². The van der Waals surface area contributed by atoms with Crippen molar-refractivity contribution in [1.29, 1.82) is 0 Å². The minimum absolute atomic E-state index is 0.159. The Bertz CT molecular complexity index is 765. The Hall–Kier alpha value is -1.64. The van der Waals surface area contributed by atoms with Crippen molar-refractivity contribution in [3.63, 3.8) is 0 Å². The lowest BCUT2D eigenvalue weighted by Gasteiger charge is -2.20. The van der Waals surface area contributed by atoms with Crippen LogP contribution >= 0.6 is 11.6 Å². The number of hydrogen-bond donors (Lipinski definition) is 2. The topological polar surface area (TPSA) is 95.6 Å². The summed E-state index contributed by atoms with van der Waals surface area (Å²) in [5, 5.41) is 3.11. The normalized spacial score (nSPS) is 24.5. The molecule has 0 unspecified atom stereocenters. The maximum Gasteiger partial charge on any atom is 0.256 e. The molecule has 118 valence electrons. The number of rotatable bonds is 2. The molecule has 0 aromatic heterocycles. The van der Waals surface area contributed by atoms with Crippen LogP contribution in [-0.4, -0.2) is 50.0 Å². The van der Waals surface area contributed by atoms with E-state index in [-0.39, 0.29) is 24.8 Å². The molecule has 9 heteroatoms. The van der Waals surface area contributed by atoms with Crippen LogP contribution in [0.25, 0.3) is 0 Å². The van der Waals surface area contributed by atoms with E-state index in [1.54, 1.807) is 12.1 Å². The largest absolute Gasteiger partial charge is 0.325 e. The van der Waals surface area contributed by atoms with E-state index in [1.165, 1.54) is 11.0 Å². The van der Waals surface area contributed by atoms with E-state index in [0.717, 1.165) is 6.26 Å². The van der Waals surface area contributed by atoms with Crippen LogP contribution in [0.15, 0.2) is 18.2 Å². The van der Waals surface area contributed by atoms with E-state index < -0.39 is 22.1 Å². The van der Waals surface area contributed by atoms with Crippen molar-refractivity contribution in [2.75, 3.05) is 18.1 Å². The smallest absolute Gasteiger partial charge is 0.256 e. The molecule has 0 radical (unpaired) electrons. The van der Waals surface area contributed by atoms with E-state index >= 15 is 0 Å². The summed E-state index contributed by atoms with van der Waals surface area (Å²) in [5.74, 6) is -0.653. The summed E-state index contributed by atoms with van der Waals surface area (Å²) in [6, 6.07) is 3.50. The summed E-state index contributed by atoms with van der Waals surface area (Å²) in [7, 11) is -3.40. The van der Waals surface area contributed by atoms with Crippen molar-refractivity contribution < 1.29 is 18.0 Å². The van der Waals surface area contributed by atoms with Gasteiger partial charge in [-0.15, -0.1) is 0 Å². The van der Waals surface area contributed by atoms with Crippen molar-refractivity contribution in [2.45, 2.75) is 18.5 Å². The standard InChI is InChI=1S/C13H14ClN3O4S/c1-22(20,21)16-8-5-11-12(18)15-10-4-7(14)2-3-9(10)13(19)17(11)6-8/h2-4,8,11,16H,5-6H2,1H3,(H,15,18)/t8-,11-/m1/s1. The van der Waals surface area contributed by atoms with Gasteiger partial charge in [0.15, 0.2) is 0 Å². The second-order valence-corrected chi connectivity index (χ2v) is 7.69. The number of benzene rings is 1. The second kappa shape index (κ2) is 5.22. The van der Waals surface area contributed by atoms with Crippen molar-refractivity contribution in [1.82, 2.24) is 9.62 Å². The van der Waals surface area contributed by atoms with E-state index in [2.05, 4.69) is 10.0 Å². The molecular weight excluding hydrogens is 330 g/mol. The van der Waals surface area contributed by atoms with Gasteiger partial charge in [0, 0.05) is 17.6 Å². The van der Waals surface area contributed by atoms with Gasteiger partial charge in [0.25, 0.3) is 5.91 Å². The van der Waals surface area contributed by atoms with Crippen LogP contribution in [0.4, 0.5) is 5.69 Å². The number of carbonyl (C=O) groups is 2. The molecule has 2 atom stereocenters. The van der Waals surface area contributed by atoms with Gasteiger partial charge in [-0.2, -0.15) is 0 Å². The first-order valence-electron chi connectivity index (χ1n) is 6.63. The van der Waals surface area contributed by atoms with Gasteiger partial charge >= 0.3 is 0 Å². The lowest BCUT2D eigenvalue weighted by molar-refractivity contribution is -0.119. The van der Waals surface area contributed by atoms with Crippen molar-refractivity contribution in [3.05, 3.63) is 28.8 Å². The average molecular weight is 344 g/mol. The van der Waals surface area contributed by atoms with Gasteiger partial charge in [0.05, 0.1) is 17.5 Å². The van der Waals surface area contributed by atoms with Gasteiger partial charge in [0.2, 0.25) is 15.9 Å². The lowest BCUT2D eigenvalue weighted by atomic mass is 10.1. The van der Waals surface area contributed by atoms with Crippen molar-refractivity contribution >= 4 is 39.1 Å². The molecule has 1 fully saturated rings. The Kier molecular flexibility index (Phi) is 3.62. The summed E-state index contributed by atoms with van der Waals surface area (Å²) >= 11 is 5.89. The minimum Gasteiger partial charge on any atom is -0.325 e. The number of sulfonamides is 1. The molecule has 0 spiro atoms. The number of amides is 2. The van der Waals surface area contributed by atoms with Crippen LogP contribution in [0.1, 0.15) is 16.8 Å². The maximum atomic E-state index is 12.6. The zero-order valence-corrected chi connectivity index (χ0v) is 13.2.